The van der Waals surface area contributed by atoms with Crippen molar-refractivity contribution in [2.75, 3.05) is 6.54 Å². The minimum absolute atomic E-state index is 0.407. The summed E-state index contributed by atoms with van der Waals surface area (Å²) in [5.74, 6) is 0. The van der Waals surface area contributed by atoms with E-state index in [0.29, 0.717) is 6.04 Å². The van der Waals surface area contributed by atoms with E-state index in [-0.39, 0.29) is 0 Å². The Bertz CT molecular complexity index is 412. The average Bonchev–Trinajstić information content (AvgIpc) is 2.91. The minimum Gasteiger partial charge on any atom is -0.358 e. The molecule has 0 unspecified atom stereocenters. The van der Waals surface area contributed by atoms with Gasteiger partial charge in [0.2, 0.25) is 0 Å². The van der Waals surface area contributed by atoms with Gasteiger partial charge in [0.15, 0.2) is 0 Å². The van der Waals surface area contributed by atoms with Crippen LogP contribution in [0.3, 0.4) is 0 Å². The molecule has 0 aromatic carbocycles. The van der Waals surface area contributed by atoms with Gasteiger partial charge in [-0.25, -0.2) is 0 Å². The molecule has 18 heavy (non-hydrogen) atoms. The SMILES string of the molecule is [B]C1=CC=C(/C(=C/C)NC(=C)[C@@H]2CCCN2)CC1. The van der Waals surface area contributed by atoms with Gasteiger partial charge in [-0.3, -0.25) is 0 Å². The van der Waals surface area contributed by atoms with Crippen LogP contribution in [0.4, 0.5) is 0 Å². The maximum atomic E-state index is 5.79. The minimum atomic E-state index is 0.407. The van der Waals surface area contributed by atoms with Crippen LogP contribution in [-0.4, -0.2) is 20.4 Å². The van der Waals surface area contributed by atoms with E-state index in [1.165, 1.54) is 18.4 Å². The van der Waals surface area contributed by atoms with Gasteiger partial charge in [-0.2, -0.15) is 0 Å². The molecule has 0 bridgehead atoms. The lowest BCUT2D eigenvalue weighted by atomic mass is 9.85. The molecule has 0 saturated carbocycles. The van der Waals surface area contributed by atoms with Gasteiger partial charge in [-0.1, -0.05) is 24.8 Å². The molecule has 2 radical (unpaired) electrons. The van der Waals surface area contributed by atoms with Crippen LogP contribution in [0.1, 0.15) is 32.6 Å². The summed E-state index contributed by atoms with van der Waals surface area (Å²) in [6.45, 7) is 7.30. The standard InChI is InChI=1S/C15H21BN2/c1-3-14(12-6-8-13(16)9-7-12)18-11(2)15-5-4-10-17-15/h3,6,8,15,17-18H,2,4-5,7,9-10H2,1H3/b14-3-/t15-/m0/s1. The summed E-state index contributed by atoms with van der Waals surface area (Å²) >= 11 is 0. The third kappa shape index (κ3) is 3.17. The Labute approximate surface area is 111 Å². The highest BCUT2D eigenvalue weighted by molar-refractivity contribution is 6.21. The van der Waals surface area contributed by atoms with Crippen molar-refractivity contribution < 1.29 is 0 Å². The van der Waals surface area contributed by atoms with E-state index < -0.39 is 0 Å². The highest BCUT2D eigenvalue weighted by Gasteiger charge is 2.18. The van der Waals surface area contributed by atoms with Crippen molar-refractivity contribution in [3.8, 4) is 0 Å². The summed E-state index contributed by atoms with van der Waals surface area (Å²) in [6, 6.07) is 0.407. The first-order valence-electron chi connectivity index (χ1n) is 6.72. The summed E-state index contributed by atoms with van der Waals surface area (Å²) in [6.07, 6.45) is 10.6. The number of rotatable bonds is 4. The molecule has 0 spiro atoms. The molecule has 1 atom stereocenters. The molecule has 2 rings (SSSR count). The average molecular weight is 240 g/mol. The van der Waals surface area contributed by atoms with Crippen molar-refractivity contribution in [1.29, 1.82) is 0 Å². The Balaban J connectivity index is 2.00. The van der Waals surface area contributed by atoms with E-state index in [1.807, 2.05) is 6.08 Å². The summed E-state index contributed by atoms with van der Waals surface area (Å²) in [5.41, 5.74) is 4.51. The van der Waals surface area contributed by atoms with Gasteiger partial charge in [-0.05, 0) is 44.7 Å². The largest absolute Gasteiger partial charge is 0.358 e. The zero-order chi connectivity index (χ0) is 13.0. The van der Waals surface area contributed by atoms with Gasteiger partial charge in [0.05, 0.1) is 0 Å². The fourth-order valence-electron chi connectivity index (χ4n) is 2.46. The predicted molar refractivity (Wildman–Crippen MR) is 78.2 cm³/mol. The quantitative estimate of drug-likeness (QED) is 0.738. The second kappa shape index (κ2) is 6.10. The molecule has 3 heteroatoms. The molecule has 94 valence electrons. The van der Waals surface area contributed by atoms with Gasteiger partial charge in [-0.15, -0.1) is 5.47 Å². The Hall–Kier alpha value is -1.22. The second-order valence-corrected chi connectivity index (χ2v) is 4.94. The third-order valence-electron chi connectivity index (χ3n) is 3.59. The van der Waals surface area contributed by atoms with Gasteiger partial charge in [0.25, 0.3) is 0 Å². The van der Waals surface area contributed by atoms with E-state index in [2.05, 4.69) is 36.3 Å². The van der Waals surface area contributed by atoms with Crippen molar-refractivity contribution in [2.45, 2.75) is 38.6 Å². The highest BCUT2D eigenvalue weighted by atomic mass is 15.0. The summed E-state index contributed by atoms with van der Waals surface area (Å²) < 4.78 is 0. The molecule has 2 N–H and O–H groups in total. The van der Waals surface area contributed by atoms with E-state index >= 15 is 0 Å². The molecule has 1 aliphatic carbocycles. The molecule has 0 amide bonds. The van der Waals surface area contributed by atoms with Crippen LogP contribution in [0.15, 0.2) is 47.2 Å². The summed E-state index contributed by atoms with van der Waals surface area (Å²) in [5, 5.41) is 6.91. The van der Waals surface area contributed by atoms with E-state index in [1.54, 1.807) is 0 Å². The van der Waals surface area contributed by atoms with Crippen molar-refractivity contribution in [1.82, 2.24) is 10.6 Å². The molecule has 1 aliphatic heterocycles. The molecule has 1 fully saturated rings. The van der Waals surface area contributed by atoms with Crippen molar-refractivity contribution >= 4 is 7.85 Å². The summed E-state index contributed by atoms with van der Waals surface area (Å²) in [7, 11) is 5.79. The highest BCUT2D eigenvalue weighted by Crippen LogP contribution is 2.23. The Kier molecular flexibility index (Phi) is 4.48. The van der Waals surface area contributed by atoms with Crippen LogP contribution in [0.2, 0.25) is 0 Å². The Morgan fingerprint density at radius 1 is 1.50 bits per heavy atom. The Morgan fingerprint density at radius 2 is 2.33 bits per heavy atom. The lowest BCUT2D eigenvalue weighted by Gasteiger charge is -2.21. The molecule has 0 aromatic heterocycles. The smallest absolute Gasteiger partial charge is 0.107 e. The maximum Gasteiger partial charge on any atom is 0.107 e. The van der Waals surface area contributed by atoms with Crippen LogP contribution >= 0.6 is 0 Å². The van der Waals surface area contributed by atoms with Crippen molar-refractivity contribution in [3.63, 3.8) is 0 Å². The van der Waals surface area contributed by atoms with Crippen LogP contribution in [0.25, 0.3) is 0 Å². The first-order valence-corrected chi connectivity index (χ1v) is 6.72. The first kappa shape index (κ1) is 13.2. The van der Waals surface area contributed by atoms with Crippen LogP contribution in [-0.2, 0) is 0 Å². The van der Waals surface area contributed by atoms with Crippen LogP contribution in [0.5, 0.6) is 0 Å². The maximum absolute atomic E-state index is 5.79. The number of nitrogens with one attached hydrogen (secondary N) is 2. The second-order valence-electron chi connectivity index (χ2n) is 4.94. The molecular formula is C15H21BN2. The Morgan fingerprint density at radius 3 is 2.89 bits per heavy atom. The van der Waals surface area contributed by atoms with Gasteiger partial charge >= 0.3 is 0 Å². The van der Waals surface area contributed by atoms with Gasteiger partial charge < -0.3 is 10.6 Å². The van der Waals surface area contributed by atoms with Crippen LogP contribution < -0.4 is 10.6 Å². The van der Waals surface area contributed by atoms with Crippen LogP contribution in [0, 0.1) is 0 Å². The topological polar surface area (TPSA) is 24.1 Å². The zero-order valence-corrected chi connectivity index (χ0v) is 11.1. The molecule has 1 heterocycles. The zero-order valence-electron chi connectivity index (χ0n) is 11.1. The lowest BCUT2D eigenvalue weighted by molar-refractivity contribution is 0.650. The van der Waals surface area contributed by atoms with Crippen molar-refractivity contribution in [3.05, 3.63) is 47.2 Å². The van der Waals surface area contributed by atoms with E-state index in [9.17, 15) is 0 Å². The fourth-order valence-corrected chi connectivity index (χ4v) is 2.46. The van der Waals surface area contributed by atoms with E-state index in [0.717, 1.165) is 36.3 Å². The molecule has 2 aliphatic rings. The van der Waals surface area contributed by atoms with Crippen molar-refractivity contribution in [2.24, 2.45) is 0 Å². The molecule has 1 saturated heterocycles. The monoisotopic (exact) mass is 240 g/mol. The first-order chi connectivity index (χ1) is 8.70. The number of hydrogen-bond acceptors (Lipinski definition) is 2. The summed E-state index contributed by atoms with van der Waals surface area (Å²) in [4.78, 5) is 0. The molecular weight excluding hydrogens is 219 g/mol. The predicted octanol–water partition coefficient (Wildman–Crippen LogP) is 2.52. The third-order valence-corrected chi connectivity index (χ3v) is 3.59. The van der Waals surface area contributed by atoms with E-state index in [4.69, 9.17) is 7.85 Å². The normalized spacial score (nSPS) is 24.5. The van der Waals surface area contributed by atoms with Gasteiger partial charge in [0, 0.05) is 17.4 Å². The molecule has 0 aromatic rings. The van der Waals surface area contributed by atoms with Gasteiger partial charge in [0.1, 0.15) is 7.85 Å². The number of hydrogen-bond donors (Lipinski definition) is 2. The number of allylic oxidation sites excluding steroid dienone is 5. The lowest BCUT2D eigenvalue weighted by Crippen LogP contribution is -2.31. The molecule has 2 nitrogen and oxygen atoms in total. The fraction of sp³-hybridized carbons (Fsp3) is 0.467.